The quantitative estimate of drug-likeness (QED) is 0.784. The lowest BCUT2D eigenvalue weighted by molar-refractivity contribution is 0.0952. The Morgan fingerprint density at radius 2 is 2.00 bits per heavy atom. The molecule has 0 aliphatic heterocycles. The number of hydrogen-bond acceptors (Lipinski definition) is 3. The molecule has 1 aromatic carbocycles. The van der Waals surface area contributed by atoms with Gasteiger partial charge in [-0.05, 0) is 31.0 Å². The van der Waals surface area contributed by atoms with Gasteiger partial charge in [-0.25, -0.2) is 0 Å². The van der Waals surface area contributed by atoms with Crippen LogP contribution in [0.2, 0.25) is 0 Å². The minimum atomic E-state index is -0.138. The molecule has 0 heterocycles. The van der Waals surface area contributed by atoms with Gasteiger partial charge in [0.2, 0.25) is 0 Å². The number of nitrogens with one attached hydrogen (secondary N) is 1. The average molecular weight is 286 g/mol. The number of halogens is 1. The van der Waals surface area contributed by atoms with Crippen LogP contribution in [0.25, 0.3) is 0 Å². The van der Waals surface area contributed by atoms with Gasteiger partial charge in [0.1, 0.15) is 0 Å². The zero-order chi connectivity index (χ0) is 14.3. The standard InChI is InChI=1S/C14H20ClNO3/c1-4-11(15)7-8-16-14(17)10-5-6-12(18-2)13(9-10)19-3/h5-6,9,11H,4,7-8H2,1-3H3,(H,16,17). The summed E-state index contributed by atoms with van der Waals surface area (Å²) >= 11 is 5.99. The van der Waals surface area contributed by atoms with Crippen molar-refractivity contribution in [3.8, 4) is 11.5 Å². The number of methoxy groups -OCH3 is 2. The minimum absolute atomic E-state index is 0.103. The molecule has 0 bridgehead atoms. The van der Waals surface area contributed by atoms with E-state index in [4.69, 9.17) is 21.1 Å². The highest BCUT2D eigenvalue weighted by molar-refractivity contribution is 6.20. The van der Waals surface area contributed by atoms with E-state index in [1.807, 2.05) is 6.92 Å². The largest absolute Gasteiger partial charge is 0.493 e. The molecule has 1 N–H and O–H groups in total. The molecule has 106 valence electrons. The molecule has 1 amide bonds. The third-order valence-corrected chi connectivity index (χ3v) is 3.36. The predicted molar refractivity (Wildman–Crippen MR) is 76.4 cm³/mol. The van der Waals surface area contributed by atoms with Crippen molar-refractivity contribution in [2.24, 2.45) is 0 Å². The highest BCUT2D eigenvalue weighted by Crippen LogP contribution is 2.27. The first kappa shape index (κ1) is 15.6. The lowest BCUT2D eigenvalue weighted by Gasteiger charge is -2.11. The topological polar surface area (TPSA) is 47.6 Å². The first-order valence-electron chi connectivity index (χ1n) is 6.26. The molecule has 0 saturated heterocycles. The summed E-state index contributed by atoms with van der Waals surface area (Å²) in [6.07, 6.45) is 1.66. The van der Waals surface area contributed by atoms with Gasteiger partial charge in [0.15, 0.2) is 11.5 Å². The monoisotopic (exact) mass is 285 g/mol. The molecule has 4 nitrogen and oxygen atoms in total. The van der Waals surface area contributed by atoms with E-state index in [9.17, 15) is 4.79 Å². The minimum Gasteiger partial charge on any atom is -0.493 e. The number of benzene rings is 1. The van der Waals surface area contributed by atoms with E-state index in [2.05, 4.69) is 5.32 Å². The van der Waals surface area contributed by atoms with Crippen molar-refractivity contribution in [1.29, 1.82) is 0 Å². The van der Waals surface area contributed by atoms with Crippen LogP contribution < -0.4 is 14.8 Å². The van der Waals surface area contributed by atoms with Crippen LogP contribution in [0.3, 0.4) is 0 Å². The third kappa shape index (κ3) is 4.63. The normalized spacial score (nSPS) is 11.8. The Morgan fingerprint density at radius 1 is 1.32 bits per heavy atom. The van der Waals surface area contributed by atoms with E-state index in [0.717, 1.165) is 12.8 Å². The summed E-state index contributed by atoms with van der Waals surface area (Å²) in [7, 11) is 3.10. The molecule has 0 saturated carbocycles. The average Bonchev–Trinajstić information content (AvgIpc) is 2.45. The van der Waals surface area contributed by atoms with E-state index in [0.29, 0.717) is 23.6 Å². The molecule has 0 fully saturated rings. The van der Waals surface area contributed by atoms with Gasteiger partial charge in [-0.2, -0.15) is 0 Å². The molecule has 1 aromatic rings. The maximum atomic E-state index is 11.9. The second kappa shape index (κ2) is 7.89. The Bertz CT molecular complexity index is 423. The first-order chi connectivity index (χ1) is 9.12. The van der Waals surface area contributed by atoms with E-state index >= 15 is 0 Å². The lowest BCUT2D eigenvalue weighted by Crippen LogP contribution is -2.26. The number of amides is 1. The molecule has 0 aromatic heterocycles. The SMILES string of the molecule is CCC(Cl)CCNC(=O)c1ccc(OC)c(OC)c1. The van der Waals surface area contributed by atoms with Crippen molar-refractivity contribution in [2.45, 2.75) is 25.1 Å². The smallest absolute Gasteiger partial charge is 0.251 e. The third-order valence-electron chi connectivity index (χ3n) is 2.83. The summed E-state index contributed by atoms with van der Waals surface area (Å²) in [6.45, 7) is 2.59. The van der Waals surface area contributed by atoms with E-state index < -0.39 is 0 Å². The Morgan fingerprint density at radius 3 is 2.58 bits per heavy atom. The van der Waals surface area contributed by atoms with Crippen molar-refractivity contribution in [3.63, 3.8) is 0 Å². The van der Waals surface area contributed by atoms with E-state index in [1.54, 1.807) is 32.4 Å². The fourth-order valence-electron chi connectivity index (χ4n) is 1.63. The highest BCUT2D eigenvalue weighted by atomic mass is 35.5. The lowest BCUT2D eigenvalue weighted by atomic mass is 10.2. The van der Waals surface area contributed by atoms with E-state index in [1.165, 1.54) is 0 Å². The summed E-state index contributed by atoms with van der Waals surface area (Å²) in [4.78, 5) is 11.9. The maximum absolute atomic E-state index is 11.9. The molecular formula is C14H20ClNO3. The van der Waals surface area contributed by atoms with Crippen molar-refractivity contribution in [2.75, 3.05) is 20.8 Å². The molecule has 1 atom stereocenters. The van der Waals surface area contributed by atoms with E-state index in [-0.39, 0.29) is 11.3 Å². The van der Waals surface area contributed by atoms with Crippen molar-refractivity contribution >= 4 is 17.5 Å². The zero-order valence-electron chi connectivity index (χ0n) is 11.5. The van der Waals surface area contributed by atoms with Crippen LogP contribution in [0.15, 0.2) is 18.2 Å². The molecule has 0 aliphatic carbocycles. The Labute approximate surface area is 119 Å². The summed E-state index contributed by atoms with van der Waals surface area (Å²) in [5.74, 6) is 1.01. The van der Waals surface area contributed by atoms with Gasteiger partial charge in [-0.15, -0.1) is 11.6 Å². The van der Waals surface area contributed by atoms with Crippen LogP contribution in [0.5, 0.6) is 11.5 Å². The number of alkyl halides is 1. The maximum Gasteiger partial charge on any atom is 0.251 e. The van der Waals surface area contributed by atoms with Crippen molar-refractivity contribution < 1.29 is 14.3 Å². The van der Waals surface area contributed by atoms with Gasteiger partial charge in [-0.1, -0.05) is 6.92 Å². The van der Waals surface area contributed by atoms with Gasteiger partial charge < -0.3 is 14.8 Å². The summed E-state index contributed by atoms with van der Waals surface area (Å²) in [5.41, 5.74) is 0.542. The van der Waals surface area contributed by atoms with Gasteiger partial charge in [0, 0.05) is 17.5 Å². The van der Waals surface area contributed by atoms with Crippen LogP contribution in [0.1, 0.15) is 30.1 Å². The van der Waals surface area contributed by atoms with Gasteiger partial charge >= 0.3 is 0 Å². The van der Waals surface area contributed by atoms with Crippen molar-refractivity contribution in [3.05, 3.63) is 23.8 Å². The van der Waals surface area contributed by atoms with Crippen molar-refractivity contribution in [1.82, 2.24) is 5.32 Å². The predicted octanol–water partition coefficient (Wildman–Crippen LogP) is 2.84. The Kier molecular flexibility index (Phi) is 6.50. The molecule has 0 aliphatic rings. The fourth-order valence-corrected chi connectivity index (χ4v) is 1.74. The fraction of sp³-hybridized carbons (Fsp3) is 0.500. The Balaban J connectivity index is 2.62. The van der Waals surface area contributed by atoms with Gasteiger partial charge in [0.05, 0.1) is 14.2 Å². The second-order valence-corrected chi connectivity index (χ2v) is 4.74. The molecule has 0 spiro atoms. The summed E-state index contributed by atoms with van der Waals surface area (Å²) in [5, 5.41) is 2.94. The number of carbonyl (C=O) groups excluding carboxylic acids is 1. The van der Waals surface area contributed by atoms with Gasteiger partial charge in [-0.3, -0.25) is 4.79 Å². The molecule has 1 unspecified atom stereocenters. The van der Waals surface area contributed by atoms with Crippen LogP contribution >= 0.6 is 11.6 Å². The summed E-state index contributed by atoms with van der Waals surface area (Å²) in [6, 6.07) is 5.07. The number of carbonyl (C=O) groups is 1. The molecule has 5 heteroatoms. The molecular weight excluding hydrogens is 266 g/mol. The Hall–Kier alpha value is -1.42. The second-order valence-electron chi connectivity index (χ2n) is 4.12. The number of rotatable bonds is 7. The summed E-state index contributed by atoms with van der Waals surface area (Å²) < 4.78 is 10.3. The zero-order valence-corrected chi connectivity index (χ0v) is 12.3. The highest BCUT2D eigenvalue weighted by Gasteiger charge is 2.10. The molecule has 1 rings (SSSR count). The number of hydrogen-bond donors (Lipinski definition) is 1. The molecule has 0 radical (unpaired) electrons. The van der Waals surface area contributed by atoms with Gasteiger partial charge in [0.25, 0.3) is 5.91 Å². The first-order valence-corrected chi connectivity index (χ1v) is 6.70. The van der Waals surface area contributed by atoms with Crippen LogP contribution in [-0.2, 0) is 0 Å². The number of ether oxygens (including phenoxy) is 2. The molecule has 19 heavy (non-hydrogen) atoms. The van der Waals surface area contributed by atoms with Crippen LogP contribution in [0.4, 0.5) is 0 Å². The van der Waals surface area contributed by atoms with Crippen LogP contribution in [-0.4, -0.2) is 32.0 Å². The van der Waals surface area contributed by atoms with Crippen LogP contribution in [0, 0.1) is 0 Å².